The second kappa shape index (κ2) is 12.9. The van der Waals surface area contributed by atoms with Gasteiger partial charge in [0.15, 0.2) is 11.6 Å². The summed E-state index contributed by atoms with van der Waals surface area (Å²) in [6, 6.07) is 30.6. The molecule has 0 spiro atoms. The van der Waals surface area contributed by atoms with Crippen LogP contribution in [0.1, 0.15) is 95.9 Å². The normalized spacial score (nSPS) is 23.5. The van der Waals surface area contributed by atoms with Crippen LogP contribution in [0.5, 0.6) is 0 Å². The van der Waals surface area contributed by atoms with Crippen molar-refractivity contribution in [1.82, 2.24) is 0 Å². The summed E-state index contributed by atoms with van der Waals surface area (Å²) in [5, 5.41) is 0. The van der Waals surface area contributed by atoms with Gasteiger partial charge >= 0.3 is 0 Å². The third kappa shape index (κ3) is 5.79. The van der Waals surface area contributed by atoms with Gasteiger partial charge in [-0.3, -0.25) is 0 Å². The molecule has 4 aliphatic rings. The molecule has 0 aromatic heterocycles. The Hall–Kier alpha value is -4.18. The Morgan fingerprint density at radius 1 is 0.300 bits per heavy atom. The molecule has 4 aromatic rings. The number of nitrogens with zero attached hydrogens (tertiary/aromatic N) is 4. The lowest BCUT2D eigenvalue weighted by Gasteiger charge is -2.36. The van der Waals surface area contributed by atoms with Crippen molar-refractivity contribution in [3.63, 3.8) is 0 Å². The number of rotatable bonds is 4. The predicted molar refractivity (Wildman–Crippen MR) is 213 cm³/mol. The Kier molecular flexibility index (Phi) is 8.48. The topological polar surface area (TPSA) is 13.0 Å². The number of hydrogen-bond donors (Lipinski definition) is 0. The molecule has 8 rings (SSSR count). The third-order valence-corrected chi connectivity index (χ3v) is 11.8. The standard InChI is InChI=1S/C46H56N4/c1-29-17-30(2)22-37(21-29)47-41-13-9-10-14-42(41)48(38-23-31(3)18-32(4)24-38)45(47)46-49(39-25-33(5)19-34(6)26-39)43-15-11-12-16-44(43)50(46)40-27-35(7)20-36(8)28-40/h17-28,41-44H,9-16H2,1-8H3. The van der Waals surface area contributed by atoms with E-state index in [1.54, 1.807) is 0 Å². The van der Waals surface area contributed by atoms with Crippen LogP contribution in [0, 0.1) is 55.4 Å². The van der Waals surface area contributed by atoms with Crippen LogP contribution in [0.3, 0.4) is 0 Å². The van der Waals surface area contributed by atoms with Crippen molar-refractivity contribution < 1.29 is 0 Å². The summed E-state index contributed by atoms with van der Waals surface area (Å²) >= 11 is 0. The number of hydrogen-bond acceptors (Lipinski definition) is 4. The Morgan fingerprint density at radius 2 is 0.480 bits per heavy atom. The monoisotopic (exact) mass is 664 g/mol. The van der Waals surface area contributed by atoms with Crippen LogP contribution >= 0.6 is 0 Å². The fraction of sp³-hybridized carbons (Fsp3) is 0.435. The molecule has 0 bridgehead atoms. The number of fused-ring (bicyclic) bond motifs is 2. The van der Waals surface area contributed by atoms with E-state index in [2.05, 4.69) is 148 Å². The van der Waals surface area contributed by atoms with Gasteiger partial charge in [-0.05, 0) is 174 Å². The molecule has 0 amide bonds. The van der Waals surface area contributed by atoms with Crippen LogP contribution in [0.4, 0.5) is 22.7 Å². The molecule has 4 fully saturated rings. The fourth-order valence-electron chi connectivity index (χ4n) is 10.3. The van der Waals surface area contributed by atoms with Gasteiger partial charge in [0.05, 0.1) is 24.2 Å². The van der Waals surface area contributed by atoms with Gasteiger partial charge in [0.2, 0.25) is 0 Å². The van der Waals surface area contributed by atoms with Crippen LogP contribution in [0.2, 0.25) is 0 Å². The van der Waals surface area contributed by atoms with Gasteiger partial charge in [0.25, 0.3) is 0 Å². The highest BCUT2D eigenvalue weighted by atomic mass is 15.5. The summed E-state index contributed by atoms with van der Waals surface area (Å²) in [7, 11) is 0. The molecule has 0 radical (unpaired) electrons. The Bertz CT molecular complexity index is 1610. The van der Waals surface area contributed by atoms with E-state index >= 15 is 0 Å². The lowest BCUT2D eigenvalue weighted by Crippen LogP contribution is -2.40. The molecule has 2 saturated heterocycles. The third-order valence-electron chi connectivity index (χ3n) is 11.8. The number of benzene rings is 4. The molecule has 4 heteroatoms. The van der Waals surface area contributed by atoms with Gasteiger partial charge < -0.3 is 19.6 Å². The highest BCUT2D eigenvalue weighted by Gasteiger charge is 2.53. The molecule has 4 aromatic carbocycles. The molecule has 4 atom stereocenters. The Balaban J connectivity index is 1.52. The van der Waals surface area contributed by atoms with Gasteiger partial charge in [-0.25, -0.2) is 0 Å². The lowest BCUT2D eigenvalue weighted by molar-refractivity contribution is 0.409. The number of aryl methyl sites for hydroxylation is 8. The summed E-state index contributed by atoms with van der Waals surface area (Å²) in [6.45, 7) is 18.2. The Labute approximate surface area is 301 Å². The zero-order valence-corrected chi connectivity index (χ0v) is 31.7. The van der Waals surface area contributed by atoms with E-state index in [1.165, 1.54) is 130 Å². The first-order chi connectivity index (χ1) is 24.0. The highest BCUT2D eigenvalue weighted by Crippen LogP contribution is 2.52. The Morgan fingerprint density at radius 3 is 0.660 bits per heavy atom. The SMILES string of the molecule is Cc1cc(C)cc(N2C(=C3N(c4cc(C)cc(C)c4)C4CCCCC4N3c3cc(C)cc(C)c3)N(c3cc(C)cc(C)c3)C3CCCCC32)c1. The van der Waals surface area contributed by atoms with Crippen LogP contribution in [0.15, 0.2) is 84.4 Å². The van der Waals surface area contributed by atoms with Crippen LogP contribution in [-0.4, -0.2) is 24.2 Å². The molecule has 4 nitrogen and oxygen atoms in total. The summed E-state index contributed by atoms with van der Waals surface area (Å²) < 4.78 is 0. The largest absolute Gasteiger partial charge is 0.320 e. The molecule has 2 aliphatic heterocycles. The second-order valence-electron chi connectivity index (χ2n) is 16.3. The minimum Gasteiger partial charge on any atom is -0.320 e. The molecular formula is C46H56N4. The van der Waals surface area contributed by atoms with Gasteiger partial charge in [0.1, 0.15) is 0 Å². The minimum atomic E-state index is 0.401. The maximum Gasteiger partial charge on any atom is 0.156 e. The average molecular weight is 665 g/mol. The first-order valence-electron chi connectivity index (χ1n) is 19.3. The molecule has 0 N–H and O–H groups in total. The molecule has 50 heavy (non-hydrogen) atoms. The fourth-order valence-corrected chi connectivity index (χ4v) is 10.3. The highest BCUT2D eigenvalue weighted by molar-refractivity contribution is 5.77. The van der Waals surface area contributed by atoms with E-state index in [1.807, 2.05) is 0 Å². The van der Waals surface area contributed by atoms with Gasteiger partial charge in [0, 0.05) is 22.7 Å². The first kappa shape index (κ1) is 33.0. The summed E-state index contributed by atoms with van der Waals surface area (Å²) in [5.41, 5.74) is 16.0. The van der Waals surface area contributed by atoms with Crippen molar-refractivity contribution >= 4 is 22.7 Å². The van der Waals surface area contributed by atoms with Crippen molar-refractivity contribution in [3.05, 3.63) is 129 Å². The quantitative estimate of drug-likeness (QED) is 0.215. The predicted octanol–water partition coefficient (Wildman–Crippen LogP) is 11.3. The van der Waals surface area contributed by atoms with Crippen molar-refractivity contribution in [1.29, 1.82) is 0 Å². The average Bonchev–Trinajstić information content (AvgIpc) is 3.56. The van der Waals surface area contributed by atoms with E-state index in [4.69, 9.17) is 0 Å². The molecule has 4 unspecified atom stereocenters. The van der Waals surface area contributed by atoms with Gasteiger partial charge in [-0.2, -0.15) is 0 Å². The van der Waals surface area contributed by atoms with E-state index in [0.717, 1.165) is 0 Å². The van der Waals surface area contributed by atoms with Crippen LogP contribution < -0.4 is 19.6 Å². The number of anilines is 4. The summed E-state index contributed by atoms with van der Waals surface area (Å²) in [4.78, 5) is 11.3. The minimum absolute atomic E-state index is 0.401. The van der Waals surface area contributed by atoms with Crippen molar-refractivity contribution in [2.75, 3.05) is 19.6 Å². The van der Waals surface area contributed by atoms with E-state index in [9.17, 15) is 0 Å². The smallest absolute Gasteiger partial charge is 0.156 e. The summed E-state index contributed by atoms with van der Waals surface area (Å²) in [6.07, 6.45) is 9.92. The maximum absolute atomic E-state index is 2.82. The maximum atomic E-state index is 2.82. The van der Waals surface area contributed by atoms with Crippen LogP contribution in [0.25, 0.3) is 0 Å². The molecule has 260 valence electrons. The molecule has 2 heterocycles. The van der Waals surface area contributed by atoms with Crippen molar-refractivity contribution in [3.8, 4) is 0 Å². The zero-order valence-electron chi connectivity index (χ0n) is 31.7. The molecular weight excluding hydrogens is 609 g/mol. The van der Waals surface area contributed by atoms with Gasteiger partial charge in [-0.15, -0.1) is 0 Å². The van der Waals surface area contributed by atoms with E-state index < -0.39 is 0 Å². The second-order valence-corrected chi connectivity index (χ2v) is 16.3. The van der Waals surface area contributed by atoms with E-state index in [0.29, 0.717) is 24.2 Å². The zero-order chi connectivity index (χ0) is 34.8. The lowest BCUT2D eigenvalue weighted by atomic mass is 9.89. The van der Waals surface area contributed by atoms with E-state index in [-0.39, 0.29) is 0 Å². The molecule has 2 saturated carbocycles. The first-order valence-corrected chi connectivity index (χ1v) is 19.3. The van der Waals surface area contributed by atoms with Crippen molar-refractivity contribution in [2.24, 2.45) is 0 Å². The van der Waals surface area contributed by atoms with Gasteiger partial charge in [-0.1, -0.05) is 49.9 Å². The van der Waals surface area contributed by atoms with Crippen LogP contribution in [-0.2, 0) is 0 Å². The molecule has 2 aliphatic carbocycles. The van der Waals surface area contributed by atoms with Crippen molar-refractivity contribution in [2.45, 2.75) is 131 Å². The summed E-state index contributed by atoms with van der Waals surface area (Å²) in [5.74, 6) is 2.73.